The predicted octanol–water partition coefficient (Wildman–Crippen LogP) is 1.03. The first-order valence-electron chi connectivity index (χ1n) is 2.89. The van der Waals surface area contributed by atoms with Gasteiger partial charge in [0, 0.05) is 0 Å². The topological polar surface area (TPSA) is 35.5 Å². The number of hydrogen-bond donors (Lipinski definition) is 0. The summed E-state index contributed by atoms with van der Waals surface area (Å²) in [6, 6.07) is 0. The number of hydrogen-bond acceptors (Lipinski definition) is 3. The Balaban J connectivity index is 3.27. The highest BCUT2D eigenvalue weighted by atomic mass is 32.2. The van der Waals surface area contributed by atoms with Gasteiger partial charge in [-0.25, -0.2) is 0 Å². The fraction of sp³-hybridized carbons (Fsp3) is 1.00. The molecule has 0 aliphatic carbocycles. The minimum absolute atomic E-state index is 0.0441. The molecule has 0 amide bonds. The van der Waals surface area contributed by atoms with Gasteiger partial charge in [-0.05, 0) is 20.8 Å². The predicted molar refractivity (Wildman–Crippen MR) is 36.0 cm³/mol. The highest BCUT2D eigenvalue weighted by Gasteiger charge is 2.00. The normalized spacial score (nSPS) is 14.2. The number of rotatable bonds is 4. The Morgan fingerprint density at radius 1 is 1.56 bits per heavy atom. The zero-order chi connectivity index (χ0) is 7.28. The maximum Gasteiger partial charge on any atom is 0.304 e. The van der Waals surface area contributed by atoms with Gasteiger partial charge in [-0.3, -0.25) is 8.37 Å². The lowest BCUT2D eigenvalue weighted by Crippen LogP contribution is -2.08. The van der Waals surface area contributed by atoms with E-state index in [9.17, 15) is 4.21 Å². The molecule has 0 saturated carbocycles. The zero-order valence-corrected chi connectivity index (χ0v) is 6.73. The second kappa shape index (κ2) is 4.90. The summed E-state index contributed by atoms with van der Waals surface area (Å²) in [5, 5.41) is 0. The van der Waals surface area contributed by atoms with Crippen molar-refractivity contribution in [1.29, 1.82) is 0 Å². The fourth-order valence-electron chi connectivity index (χ4n) is 0.281. The third kappa shape index (κ3) is 5.95. The molecule has 0 rings (SSSR count). The van der Waals surface area contributed by atoms with E-state index in [1.165, 1.54) is 0 Å². The molecule has 1 unspecified atom stereocenters. The third-order valence-electron chi connectivity index (χ3n) is 0.485. The van der Waals surface area contributed by atoms with Crippen LogP contribution in [0, 0.1) is 0 Å². The van der Waals surface area contributed by atoms with Crippen LogP contribution in [0.5, 0.6) is 0 Å². The summed E-state index contributed by atoms with van der Waals surface area (Å²) < 4.78 is 19.9. The van der Waals surface area contributed by atoms with Crippen LogP contribution >= 0.6 is 0 Å². The minimum atomic E-state index is -1.55. The van der Waals surface area contributed by atoms with Gasteiger partial charge < -0.3 is 0 Å². The summed E-state index contributed by atoms with van der Waals surface area (Å²) in [6.07, 6.45) is -0.0441. The largest absolute Gasteiger partial charge is 0.304 e. The molecular weight excluding hydrogens is 140 g/mol. The second-order valence-corrected chi connectivity index (χ2v) is 2.59. The fourth-order valence-corrected chi connectivity index (χ4v) is 0.843. The van der Waals surface area contributed by atoms with Crippen molar-refractivity contribution < 1.29 is 12.6 Å². The van der Waals surface area contributed by atoms with Crippen LogP contribution in [0.1, 0.15) is 20.8 Å². The lowest BCUT2D eigenvalue weighted by molar-refractivity contribution is 0.213. The maximum atomic E-state index is 10.5. The molecule has 9 heavy (non-hydrogen) atoms. The van der Waals surface area contributed by atoms with Crippen molar-refractivity contribution in [1.82, 2.24) is 0 Å². The molecule has 56 valence electrons. The Labute approximate surface area is 58.2 Å². The molecule has 0 saturated heterocycles. The Kier molecular flexibility index (Phi) is 4.94. The Morgan fingerprint density at radius 3 is 2.44 bits per heavy atom. The quantitative estimate of drug-likeness (QED) is 0.603. The molecule has 0 aromatic rings. The van der Waals surface area contributed by atoms with E-state index in [1.54, 1.807) is 20.8 Å². The van der Waals surface area contributed by atoms with Crippen LogP contribution in [0.15, 0.2) is 0 Å². The first kappa shape index (κ1) is 9.07. The van der Waals surface area contributed by atoms with E-state index in [4.69, 9.17) is 4.18 Å². The molecule has 0 aliphatic rings. The van der Waals surface area contributed by atoms with E-state index in [-0.39, 0.29) is 6.10 Å². The highest BCUT2D eigenvalue weighted by Crippen LogP contribution is 1.94. The standard InChI is InChI=1S/C5H12O3S/c1-4-7-9(6)8-5(2)3/h5H,4H2,1-3H3. The van der Waals surface area contributed by atoms with Crippen molar-refractivity contribution in [3.8, 4) is 0 Å². The van der Waals surface area contributed by atoms with Crippen LogP contribution in [-0.2, 0) is 19.7 Å². The maximum absolute atomic E-state index is 10.5. The highest BCUT2D eigenvalue weighted by molar-refractivity contribution is 7.75. The van der Waals surface area contributed by atoms with Crippen LogP contribution in [0.25, 0.3) is 0 Å². The summed E-state index contributed by atoms with van der Waals surface area (Å²) in [5.41, 5.74) is 0. The van der Waals surface area contributed by atoms with E-state index in [0.717, 1.165) is 0 Å². The van der Waals surface area contributed by atoms with Crippen LogP contribution < -0.4 is 0 Å². The van der Waals surface area contributed by atoms with Crippen molar-refractivity contribution in [3.05, 3.63) is 0 Å². The minimum Gasteiger partial charge on any atom is -0.269 e. The molecule has 0 aromatic carbocycles. The van der Waals surface area contributed by atoms with Gasteiger partial charge in [-0.2, -0.15) is 4.21 Å². The van der Waals surface area contributed by atoms with Crippen molar-refractivity contribution in [2.24, 2.45) is 0 Å². The van der Waals surface area contributed by atoms with E-state index < -0.39 is 11.4 Å². The SMILES string of the molecule is CCOS(=O)OC(C)C. The lowest BCUT2D eigenvalue weighted by atomic mass is 10.5. The van der Waals surface area contributed by atoms with Crippen molar-refractivity contribution in [2.45, 2.75) is 26.9 Å². The molecule has 0 bridgehead atoms. The lowest BCUT2D eigenvalue weighted by Gasteiger charge is -2.03. The molecule has 0 radical (unpaired) electrons. The molecule has 0 heterocycles. The monoisotopic (exact) mass is 152 g/mol. The van der Waals surface area contributed by atoms with Crippen molar-refractivity contribution >= 4 is 11.4 Å². The van der Waals surface area contributed by atoms with Crippen LogP contribution in [0.3, 0.4) is 0 Å². The summed E-state index contributed by atoms with van der Waals surface area (Å²) >= 11 is -1.55. The Bertz CT molecular complexity index is 92.2. The molecule has 0 fully saturated rings. The van der Waals surface area contributed by atoms with Gasteiger partial charge >= 0.3 is 11.4 Å². The zero-order valence-electron chi connectivity index (χ0n) is 5.92. The molecule has 0 spiro atoms. The van der Waals surface area contributed by atoms with Gasteiger partial charge in [0.2, 0.25) is 0 Å². The molecule has 1 atom stereocenters. The average Bonchev–Trinajstić information content (AvgIpc) is 1.63. The van der Waals surface area contributed by atoms with Crippen LogP contribution in [-0.4, -0.2) is 16.9 Å². The van der Waals surface area contributed by atoms with E-state index in [2.05, 4.69) is 4.18 Å². The summed E-state index contributed by atoms with van der Waals surface area (Å²) in [7, 11) is 0. The second-order valence-electron chi connectivity index (χ2n) is 1.76. The van der Waals surface area contributed by atoms with Crippen LogP contribution in [0.2, 0.25) is 0 Å². The van der Waals surface area contributed by atoms with E-state index in [0.29, 0.717) is 6.61 Å². The molecule has 4 heteroatoms. The molecule has 3 nitrogen and oxygen atoms in total. The van der Waals surface area contributed by atoms with Crippen molar-refractivity contribution in [2.75, 3.05) is 6.61 Å². The van der Waals surface area contributed by atoms with Gasteiger partial charge in [-0.1, -0.05) is 0 Å². The average molecular weight is 152 g/mol. The van der Waals surface area contributed by atoms with Gasteiger partial charge in [0.15, 0.2) is 0 Å². The van der Waals surface area contributed by atoms with Crippen molar-refractivity contribution in [3.63, 3.8) is 0 Å². The smallest absolute Gasteiger partial charge is 0.269 e. The van der Waals surface area contributed by atoms with E-state index >= 15 is 0 Å². The molecular formula is C5H12O3S. The van der Waals surface area contributed by atoms with Gasteiger partial charge in [0.05, 0.1) is 12.7 Å². The molecule has 0 aliphatic heterocycles. The Morgan fingerprint density at radius 2 is 2.11 bits per heavy atom. The molecule has 0 N–H and O–H groups in total. The molecule has 0 aromatic heterocycles. The van der Waals surface area contributed by atoms with E-state index in [1.807, 2.05) is 0 Å². The summed E-state index contributed by atoms with van der Waals surface area (Å²) in [4.78, 5) is 0. The van der Waals surface area contributed by atoms with Crippen LogP contribution in [0.4, 0.5) is 0 Å². The first-order chi connectivity index (χ1) is 4.16. The summed E-state index contributed by atoms with van der Waals surface area (Å²) in [5.74, 6) is 0. The van der Waals surface area contributed by atoms with Gasteiger partial charge in [-0.15, -0.1) is 0 Å². The Hall–Kier alpha value is 0.0700. The summed E-state index contributed by atoms with van der Waals surface area (Å²) in [6.45, 7) is 5.79. The first-order valence-corrected chi connectivity index (χ1v) is 3.89. The van der Waals surface area contributed by atoms with Gasteiger partial charge in [0.25, 0.3) is 0 Å². The van der Waals surface area contributed by atoms with Gasteiger partial charge in [0.1, 0.15) is 0 Å². The third-order valence-corrected chi connectivity index (χ3v) is 1.46.